The number of benzene rings is 1. The fraction of sp³-hybridized carbons (Fsp3) is 0.462. The van der Waals surface area contributed by atoms with Crippen LogP contribution in [-0.2, 0) is 0 Å². The molecule has 0 bridgehead atoms. The summed E-state index contributed by atoms with van der Waals surface area (Å²) in [6, 6.07) is 5.07. The summed E-state index contributed by atoms with van der Waals surface area (Å²) >= 11 is 0. The molecule has 1 aromatic carbocycles. The minimum atomic E-state index is -0.158. The van der Waals surface area contributed by atoms with Crippen LogP contribution in [0.3, 0.4) is 0 Å². The van der Waals surface area contributed by atoms with E-state index in [1.165, 1.54) is 0 Å². The molecular formula is C13H20N2O2. The third-order valence-corrected chi connectivity index (χ3v) is 2.56. The topological polar surface area (TPSA) is 66.6 Å². The second-order valence-electron chi connectivity index (χ2n) is 4.10. The van der Waals surface area contributed by atoms with Crippen LogP contribution < -0.4 is 5.73 Å². The van der Waals surface area contributed by atoms with Gasteiger partial charge in [0.05, 0.1) is 5.56 Å². The number of amides is 1. The monoisotopic (exact) mass is 236 g/mol. The van der Waals surface area contributed by atoms with Gasteiger partial charge in [0.2, 0.25) is 0 Å². The lowest BCUT2D eigenvalue weighted by atomic mass is 10.1. The van der Waals surface area contributed by atoms with Gasteiger partial charge in [0.25, 0.3) is 5.91 Å². The van der Waals surface area contributed by atoms with E-state index in [0.717, 1.165) is 12.0 Å². The molecule has 0 saturated heterocycles. The van der Waals surface area contributed by atoms with E-state index in [4.69, 9.17) is 5.73 Å². The molecule has 0 aliphatic rings. The number of hydrogen-bond acceptors (Lipinski definition) is 3. The maximum Gasteiger partial charge on any atom is 0.257 e. The average Bonchev–Trinajstić information content (AvgIpc) is 2.28. The first-order valence-electron chi connectivity index (χ1n) is 5.89. The van der Waals surface area contributed by atoms with E-state index in [0.29, 0.717) is 25.2 Å². The van der Waals surface area contributed by atoms with E-state index in [1.54, 1.807) is 17.0 Å². The van der Waals surface area contributed by atoms with Gasteiger partial charge in [-0.05, 0) is 31.0 Å². The third-order valence-electron chi connectivity index (χ3n) is 2.56. The van der Waals surface area contributed by atoms with Gasteiger partial charge in [-0.2, -0.15) is 0 Å². The number of carbonyl (C=O) groups is 1. The van der Waals surface area contributed by atoms with Crippen molar-refractivity contribution in [1.82, 2.24) is 4.90 Å². The van der Waals surface area contributed by atoms with E-state index in [2.05, 4.69) is 0 Å². The van der Waals surface area contributed by atoms with Crippen molar-refractivity contribution in [2.75, 3.05) is 19.6 Å². The van der Waals surface area contributed by atoms with E-state index in [1.807, 2.05) is 19.9 Å². The number of rotatable bonds is 5. The highest BCUT2D eigenvalue weighted by atomic mass is 16.3. The van der Waals surface area contributed by atoms with Gasteiger partial charge in [0.1, 0.15) is 5.75 Å². The molecule has 0 aliphatic heterocycles. The van der Waals surface area contributed by atoms with Crippen LogP contribution in [0.2, 0.25) is 0 Å². The Kier molecular flexibility index (Phi) is 4.97. The van der Waals surface area contributed by atoms with E-state index in [-0.39, 0.29) is 11.7 Å². The highest BCUT2D eigenvalue weighted by molar-refractivity contribution is 5.96. The summed E-state index contributed by atoms with van der Waals surface area (Å²) < 4.78 is 0. The number of phenolic OH excluding ortho intramolecular Hbond substituents is 1. The number of aromatic hydroxyl groups is 1. The van der Waals surface area contributed by atoms with E-state index in [9.17, 15) is 9.90 Å². The Bertz CT molecular complexity index is 385. The summed E-state index contributed by atoms with van der Waals surface area (Å²) in [4.78, 5) is 13.8. The van der Waals surface area contributed by atoms with Gasteiger partial charge < -0.3 is 15.7 Å². The van der Waals surface area contributed by atoms with Crippen LogP contribution >= 0.6 is 0 Å². The number of aryl methyl sites for hydroxylation is 1. The van der Waals surface area contributed by atoms with Gasteiger partial charge in [-0.15, -0.1) is 0 Å². The van der Waals surface area contributed by atoms with E-state index < -0.39 is 0 Å². The quantitative estimate of drug-likeness (QED) is 0.814. The number of carbonyl (C=O) groups excluding carboxylic acids is 1. The summed E-state index contributed by atoms with van der Waals surface area (Å²) in [6.07, 6.45) is 0.873. The van der Waals surface area contributed by atoms with Gasteiger partial charge in [-0.25, -0.2) is 0 Å². The molecule has 94 valence electrons. The molecule has 0 unspecified atom stereocenters. The van der Waals surface area contributed by atoms with Gasteiger partial charge in [-0.3, -0.25) is 4.79 Å². The molecule has 1 amide bonds. The number of hydrogen-bond donors (Lipinski definition) is 2. The number of phenols is 1. The van der Waals surface area contributed by atoms with Crippen LogP contribution in [0.4, 0.5) is 0 Å². The molecule has 0 aliphatic carbocycles. The van der Waals surface area contributed by atoms with Gasteiger partial charge in [0.15, 0.2) is 0 Å². The molecule has 17 heavy (non-hydrogen) atoms. The maximum absolute atomic E-state index is 12.2. The molecule has 3 N–H and O–H groups in total. The van der Waals surface area contributed by atoms with Crippen molar-refractivity contribution >= 4 is 5.91 Å². The van der Waals surface area contributed by atoms with Gasteiger partial charge >= 0.3 is 0 Å². The largest absolute Gasteiger partial charge is 0.507 e. The van der Waals surface area contributed by atoms with Crippen molar-refractivity contribution in [3.05, 3.63) is 29.3 Å². The molecule has 0 heterocycles. The fourth-order valence-corrected chi connectivity index (χ4v) is 1.73. The zero-order valence-electron chi connectivity index (χ0n) is 10.4. The Morgan fingerprint density at radius 3 is 2.65 bits per heavy atom. The molecule has 0 saturated carbocycles. The first-order valence-corrected chi connectivity index (χ1v) is 5.89. The van der Waals surface area contributed by atoms with Crippen LogP contribution in [0.25, 0.3) is 0 Å². The first kappa shape index (κ1) is 13.5. The molecule has 0 fully saturated rings. The van der Waals surface area contributed by atoms with Crippen LogP contribution in [0.15, 0.2) is 18.2 Å². The van der Waals surface area contributed by atoms with Crippen molar-refractivity contribution in [2.45, 2.75) is 20.3 Å². The summed E-state index contributed by atoms with van der Waals surface area (Å²) in [5.41, 5.74) is 6.76. The molecule has 1 aromatic rings. The maximum atomic E-state index is 12.2. The standard InChI is InChI=1S/C13H20N2O2/c1-3-7-15(8-6-14)13(17)11-5-4-10(2)9-12(11)16/h4-5,9,16H,3,6-8,14H2,1-2H3. The number of nitrogens with two attached hydrogens (primary N) is 1. The predicted octanol–water partition coefficient (Wildman–Crippen LogP) is 1.51. The van der Waals surface area contributed by atoms with Crippen molar-refractivity contribution in [3.8, 4) is 5.75 Å². The lowest BCUT2D eigenvalue weighted by Gasteiger charge is -2.21. The third kappa shape index (κ3) is 3.46. The summed E-state index contributed by atoms with van der Waals surface area (Å²) in [7, 11) is 0. The Morgan fingerprint density at radius 1 is 1.41 bits per heavy atom. The van der Waals surface area contributed by atoms with Gasteiger partial charge in [0, 0.05) is 19.6 Å². The molecule has 0 atom stereocenters. The Labute approximate surface area is 102 Å². The number of nitrogens with zero attached hydrogens (tertiary/aromatic N) is 1. The van der Waals surface area contributed by atoms with Crippen LogP contribution in [0.1, 0.15) is 29.3 Å². The van der Waals surface area contributed by atoms with Crippen molar-refractivity contribution in [2.24, 2.45) is 5.73 Å². The lowest BCUT2D eigenvalue weighted by molar-refractivity contribution is 0.0757. The molecule has 0 aromatic heterocycles. The summed E-state index contributed by atoms with van der Waals surface area (Å²) in [5.74, 6) is -0.122. The SMILES string of the molecule is CCCN(CCN)C(=O)c1ccc(C)cc1O. The molecular weight excluding hydrogens is 216 g/mol. The summed E-state index contributed by atoms with van der Waals surface area (Å²) in [6.45, 7) is 5.48. The van der Waals surface area contributed by atoms with Gasteiger partial charge in [-0.1, -0.05) is 13.0 Å². The highest BCUT2D eigenvalue weighted by Gasteiger charge is 2.17. The zero-order chi connectivity index (χ0) is 12.8. The summed E-state index contributed by atoms with van der Waals surface area (Å²) in [5, 5.41) is 9.77. The fourth-order valence-electron chi connectivity index (χ4n) is 1.73. The van der Waals surface area contributed by atoms with Crippen molar-refractivity contribution in [3.63, 3.8) is 0 Å². The first-order chi connectivity index (χ1) is 8.10. The zero-order valence-corrected chi connectivity index (χ0v) is 10.4. The highest BCUT2D eigenvalue weighted by Crippen LogP contribution is 2.20. The smallest absolute Gasteiger partial charge is 0.257 e. The Morgan fingerprint density at radius 2 is 2.12 bits per heavy atom. The van der Waals surface area contributed by atoms with Crippen LogP contribution in [-0.4, -0.2) is 35.5 Å². The molecule has 1 rings (SSSR count). The lowest BCUT2D eigenvalue weighted by Crippen LogP contribution is -2.36. The second kappa shape index (κ2) is 6.25. The molecule has 0 radical (unpaired) electrons. The van der Waals surface area contributed by atoms with Crippen molar-refractivity contribution in [1.29, 1.82) is 0 Å². The molecule has 4 nitrogen and oxygen atoms in total. The minimum absolute atomic E-state index is 0.0353. The van der Waals surface area contributed by atoms with Crippen LogP contribution in [0, 0.1) is 6.92 Å². The van der Waals surface area contributed by atoms with Crippen LogP contribution in [0.5, 0.6) is 5.75 Å². The molecule has 4 heteroatoms. The van der Waals surface area contributed by atoms with Crippen molar-refractivity contribution < 1.29 is 9.90 Å². The Hall–Kier alpha value is -1.55. The average molecular weight is 236 g/mol. The minimum Gasteiger partial charge on any atom is -0.507 e. The molecule has 0 spiro atoms. The predicted molar refractivity (Wildman–Crippen MR) is 68.1 cm³/mol. The second-order valence-corrected chi connectivity index (χ2v) is 4.10. The van der Waals surface area contributed by atoms with E-state index >= 15 is 0 Å². The normalized spacial score (nSPS) is 10.3. The Balaban J connectivity index is 2.92.